The van der Waals surface area contributed by atoms with E-state index in [2.05, 4.69) is 11.3 Å². The molecule has 0 amide bonds. The number of aliphatic hydroxyl groups is 2. The summed E-state index contributed by atoms with van der Waals surface area (Å²) < 4.78 is 1.47. The van der Waals surface area contributed by atoms with Gasteiger partial charge in [0, 0.05) is 12.6 Å². The summed E-state index contributed by atoms with van der Waals surface area (Å²) in [6, 6.07) is 1.60. The molecule has 0 aromatic carbocycles. The van der Waals surface area contributed by atoms with Gasteiger partial charge in [0.1, 0.15) is 6.20 Å². The van der Waals surface area contributed by atoms with E-state index in [4.69, 9.17) is 5.11 Å². The lowest BCUT2D eigenvalue weighted by molar-refractivity contribution is -0.139. The number of hydrogen-bond donors (Lipinski definition) is 3. The Kier molecular flexibility index (Phi) is 4.26. The fourth-order valence-corrected chi connectivity index (χ4v) is 1.25. The highest BCUT2D eigenvalue weighted by Crippen LogP contribution is 2.04. The number of carboxylic acid groups (broad SMARTS) is 1. The fourth-order valence-electron chi connectivity index (χ4n) is 1.25. The molecule has 0 unspecified atom stereocenters. The number of aliphatic carboxylic acids is 1. The Morgan fingerprint density at radius 2 is 2.20 bits per heavy atom. The summed E-state index contributed by atoms with van der Waals surface area (Å²) in [5, 5.41) is 30.9. The first-order valence-electron chi connectivity index (χ1n) is 4.55. The molecule has 6 nitrogen and oxygen atoms in total. The molecule has 1 aromatic heterocycles. The Bertz CT molecular complexity index is 299. The van der Waals surface area contributed by atoms with Gasteiger partial charge in [0.05, 0.1) is 25.2 Å². The first-order valence-corrected chi connectivity index (χ1v) is 4.55. The lowest BCUT2D eigenvalue weighted by Crippen LogP contribution is -2.24. The zero-order chi connectivity index (χ0) is 11.3. The van der Waals surface area contributed by atoms with Crippen LogP contribution in [0.4, 0.5) is 0 Å². The molecule has 0 saturated carbocycles. The second kappa shape index (κ2) is 5.47. The van der Waals surface area contributed by atoms with Crippen molar-refractivity contribution in [1.29, 1.82) is 0 Å². The third-order valence-corrected chi connectivity index (χ3v) is 1.86. The number of nitrogens with zero attached hydrogens (tertiary/aromatic N) is 2. The topological polar surface area (TPSA) is 95.6 Å². The molecular formula is C9H13N2O4. The Balaban J connectivity index is 2.29. The van der Waals surface area contributed by atoms with Gasteiger partial charge in [0.2, 0.25) is 0 Å². The van der Waals surface area contributed by atoms with Gasteiger partial charge in [0.15, 0.2) is 0 Å². The van der Waals surface area contributed by atoms with Crippen LogP contribution >= 0.6 is 0 Å². The van der Waals surface area contributed by atoms with Gasteiger partial charge in [0.25, 0.3) is 0 Å². The first kappa shape index (κ1) is 11.7. The molecule has 3 N–H and O–H groups in total. The summed E-state index contributed by atoms with van der Waals surface area (Å²) in [5.41, 5.74) is 0. The minimum atomic E-state index is -1.08. The van der Waals surface area contributed by atoms with Crippen LogP contribution in [-0.2, 0) is 11.3 Å². The molecule has 1 aromatic rings. The van der Waals surface area contributed by atoms with Gasteiger partial charge in [-0.2, -0.15) is 5.10 Å². The molecule has 1 heterocycles. The minimum Gasteiger partial charge on any atom is -0.481 e. The summed E-state index contributed by atoms with van der Waals surface area (Å²) in [7, 11) is 0. The van der Waals surface area contributed by atoms with Crippen LogP contribution in [0, 0.1) is 6.20 Å². The van der Waals surface area contributed by atoms with Crippen molar-refractivity contribution in [2.75, 3.05) is 0 Å². The van der Waals surface area contributed by atoms with Gasteiger partial charge in [-0.3, -0.25) is 9.48 Å². The highest BCUT2D eigenvalue weighted by atomic mass is 16.4. The zero-order valence-corrected chi connectivity index (χ0v) is 8.08. The van der Waals surface area contributed by atoms with Crippen molar-refractivity contribution in [2.24, 2.45) is 0 Å². The standard InChI is InChI=1S/C9H13N2O4/c12-7(5-9(14)15)4-8(13)6-11-3-1-2-10-11/h1,3,7-8,12-13H,4-6H2,(H,14,15)/t7-,8+/m1/s1. The molecular weight excluding hydrogens is 200 g/mol. The average Bonchev–Trinajstić information content (AvgIpc) is 2.53. The fraction of sp³-hybridized carbons (Fsp3) is 0.556. The molecule has 0 saturated heterocycles. The summed E-state index contributed by atoms with van der Waals surface area (Å²) in [5.74, 6) is -1.08. The molecule has 1 radical (unpaired) electrons. The van der Waals surface area contributed by atoms with Crippen molar-refractivity contribution in [3.63, 3.8) is 0 Å². The van der Waals surface area contributed by atoms with Gasteiger partial charge in [-0.25, -0.2) is 0 Å². The van der Waals surface area contributed by atoms with Crippen LogP contribution in [0.2, 0.25) is 0 Å². The lowest BCUT2D eigenvalue weighted by atomic mass is 10.1. The van der Waals surface area contributed by atoms with E-state index in [9.17, 15) is 15.0 Å². The van der Waals surface area contributed by atoms with E-state index in [-0.39, 0.29) is 19.4 Å². The highest BCUT2D eigenvalue weighted by Gasteiger charge is 2.15. The molecule has 0 aliphatic carbocycles. The number of aliphatic hydroxyl groups excluding tert-OH is 2. The molecule has 83 valence electrons. The maximum Gasteiger partial charge on any atom is 0.305 e. The molecule has 0 bridgehead atoms. The van der Waals surface area contributed by atoms with Gasteiger partial charge >= 0.3 is 5.97 Å². The predicted molar refractivity (Wildman–Crippen MR) is 49.9 cm³/mol. The van der Waals surface area contributed by atoms with Gasteiger partial charge in [-0.1, -0.05) is 0 Å². The maximum absolute atomic E-state index is 10.2. The highest BCUT2D eigenvalue weighted by molar-refractivity contribution is 5.67. The van der Waals surface area contributed by atoms with Crippen LogP contribution in [0.1, 0.15) is 12.8 Å². The van der Waals surface area contributed by atoms with Crippen LogP contribution in [0.15, 0.2) is 12.3 Å². The van der Waals surface area contributed by atoms with Crippen LogP contribution in [-0.4, -0.2) is 43.3 Å². The minimum absolute atomic E-state index is 0.0200. The monoisotopic (exact) mass is 213 g/mol. The van der Waals surface area contributed by atoms with Crippen molar-refractivity contribution in [3.8, 4) is 0 Å². The number of carbonyl (C=O) groups is 1. The number of carboxylic acids is 1. The van der Waals surface area contributed by atoms with Crippen LogP contribution in [0.5, 0.6) is 0 Å². The van der Waals surface area contributed by atoms with Crippen LogP contribution in [0.3, 0.4) is 0 Å². The van der Waals surface area contributed by atoms with E-state index in [0.717, 1.165) is 0 Å². The summed E-state index contributed by atoms with van der Waals surface area (Å²) in [4.78, 5) is 10.2. The van der Waals surface area contributed by atoms with E-state index >= 15 is 0 Å². The van der Waals surface area contributed by atoms with Crippen LogP contribution in [0.25, 0.3) is 0 Å². The molecule has 15 heavy (non-hydrogen) atoms. The molecule has 1 rings (SSSR count). The molecule has 0 aliphatic heterocycles. The third-order valence-electron chi connectivity index (χ3n) is 1.86. The van der Waals surface area contributed by atoms with Gasteiger partial charge in [-0.05, 0) is 6.07 Å². The maximum atomic E-state index is 10.2. The Labute approximate surface area is 86.8 Å². The summed E-state index contributed by atoms with van der Waals surface area (Å²) >= 11 is 0. The zero-order valence-electron chi connectivity index (χ0n) is 8.08. The van der Waals surface area contributed by atoms with Crippen molar-refractivity contribution in [1.82, 2.24) is 9.78 Å². The Hall–Kier alpha value is -1.40. The normalized spacial score (nSPS) is 14.8. The van der Waals surface area contributed by atoms with Crippen molar-refractivity contribution in [3.05, 3.63) is 18.5 Å². The van der Waals surface area contributed by atoms with Crippen molar-refractivity contribution in [2.45, 2.75) is 31.6 Å². The third kappa shape index (κ3) is 4.57. The van der Waals surface area contributed by atoms with Crippen molar-refractivity contribution >= 4 is 5.97 Å². The van der Waals surface area contributed by atoms with Crippen molar-refractivity contribution < 1.29 is 20.1 Å². The first-order chi connectivity index (χ1) is 7.08. The van der Waals surface area contributed by atoms with E-state index in [0.29, 0.717) is 0 Å². The van der Waals surface area contributed by atoms with E-state index < -0.39 is 18.2 Å². The Morgan fingerprint density at radius 1 is 1.47 bits per heavy atom. The molecule has 0 aliphatic rings. The lowest BCUT2D eigenvalue weighted by Gasteiger charge is -2.13. The second-order valence-electron chi connectivity index (χ2n) is 3.31. The SMILES string of the molecule is O=C(O)C[C@H](O)C[C@H](O)Cn1cc[c]n1. The van der Waals surface area contributed by atoms with Crippen LogP contribution < -0.4 is 0 Å². The van der Waals surface area contributed by atoms with Gasteiger partial charge < -0.3 is 15.3 Å². The van der Waals surface area contributed by atoms with E-state index in [1.54, 1.807) is 12.3 Å². The molecule has 6 heteroatoms. The smallest absolute Gasteiger partial charge is 0.305 e. The Morgan fingerprint density at radius 3 is 2.73 bits per heavy atom. The molecule has 0 fully saturated rings. The quantitative estimate of drug-likeness (QED) is 0.579. The molecule has 2 atom stereocenters. The molecule has 0 spiro atoms. The average molecular weight is 213 g/mol. The number of aromatic nitrogens is 2. The second-order valence-corrected chi connectivity index (χ2v) is 3.31. The number of hydrogen-bond acceptors (Lipinski definition) is 4. The van der Waals surface area contributed by atoms with E-state index in [1.807, 2.05) is 0 Å². The summed E-state index contributed by atoms with van der Waals surface area (Å²) in [6.45, 7) is 0.222. The van der Waals surface area contributed by atoms with Gasteiger partial charge in [-0.15, -0.1) is 0 Å². The largest absolute Gasteiger partial charge is 0.481 e. The number of rotatable bonds is 6. The predicted octanol–water partition coefficient (Wildman–Crippen LogP) is -0.730. The van der Waals surface area contributed by atoms with E-state index in [1.165, 1.54) is 4.68 Å². The summed E-state index contributed by atoms with van der Waals surface area (Å²) in [6.07, 6.45) is 2.02.